The molecule has 0 amide bonds. The maximum Gasteiger partial charge on any atom is 0.0212 e. The van der Waals surface area contributed by atoms with E-state index in [4.69, 9.17) is 0 Å². The van der Waals surface area contributed by atoms with Crippen molar-refractivity contribution in [2.45, 2.75) is 26.8 Å². The largest absolute Gasteiger partial charge is 0.306 e. The molecule has 2 aliphatic rings. The van der Waals surface area contributed by atoms with Gasteiger partial charge in [-0.1, -0.05) is 13.8 Å². The van der Waals surface area contributed by atoms with Crippen molar-refractivity contribution in [3.05, 3.63) is 0 Å². The van der Waals surface area contributed by atoms with Crippen LogP contribution in [0.3, 0.4) is 0 Å². The monoisotopic (exact) mass is 239 g/mol. The molecule has 0 bridgehead atoms. The molecule has 2 atom stereocenters. The smallest absolute Gasteiger partial charge is 0.0212 e. The average Bonchev–Trinajstić information content (AvgIpc) is 2.19. The first-order chi connectivity index (χ1) is 7.96. The molecule has 0 aromatic carbocycles. The highest BCUT2D eigenvalue weighted by molar-refractivity contribution is 5.06. The van der Waals surface area contributed by atoms with Crippen LogP contribution in [-0.2, 0) is 0 Å². The minimum atomic E-state index is 0.680. The van der Waals surface area contributed by atoms with Gasteiger partial charge >= 0.3 is 0 Å². The first-order valence-electron chi connectivity index (χ1n) is 7.07. The highest BCUT2D eigenvalue weighted by Gasteiger charge is 2.51. The first kappa shape index (κ1) is 13.3. The summed E-state index contributed by atoms with van der Waals surface area (Å²) in [6.45, 7) is 14.7. The molecule has 3 heteroatoms. The molecule has 2 rings (SSSR count). The van der Waals surface area contributed by atoms with Crippen molar-refractivity contribution < 1.29 is 0 Å². The second kappa shape index (κ2) is 4.87. The standard InChI is InChI=1S/C14H29N3/c1-6-15(4)7-12(2)13(3)17-10-14(11-17)8-16(5)9-14/h12-13H,6-11H2,1-5H3. The Kier molecular flexibility index (Phi) is 3.81. The molecule has 0 radical (unpaired) electrons. The topological polar surface area (TPSA) is 9.72 Å². The molecular formula is C14H29N3. The van der Waals surface area contributed by atoms with E-state index >= 15 is 0 Å². The van der Waals surface area contributed by atoms with Crippen molar-refractivity contribution in [3.8, 4) is 0 Å². The zero-order chi connectivity index (χ0) is 12.6. The molecule has 17 heavy (non-hydrogen) atoms. The number of hydrogen-bond donors (Lipinski definition) is 0. The summed E-state index contributed by atoms with van der Waals surface area (Å²) in [5, 5.41) is 0. The molecule has 0 aromatic heterocycles. The highest BCUT2D eigenvalue weighted by atomic mass is 15.3. The van der Waals surface area contributed by atoms with Gasteiger partial charge in [0.05, 0.1) is 0 Å². The van der Waals surface area contributed by atoms with Crippen LogP contribution in [0.25, 0.3) is 0 Å². The average molecular weight is 239 g/mol. The summed E-state index contributed by atoms with van der Waals surface area (Å²) in [5.41, 5.74) is 0.680. The van der Waals surface area contributed by atoms with Gasteiger partial charge in [-0.25, -0.2) is 0 Å². The van der Waals surface area contributed by atoms with Crippen LogP contribution >= 0.6 is 0 Å². The van der Waals surface area contributed by atoms with Crippen LogP contribution in [0.1, 0.15) is 20.8 Å². The van der Waals surface area contributed by atoms with Crippen LogP contribution in [-0.4, -0.2) is 74.1 Å². The number of rotatable bonds is 5. The SMILES string of the molecule is CCN(C)CC(C)C(C)N1CC2(CN(C)C2)C1. The van der Waals surface area contributed by atoms with Crippen molar-refractivity contribution in [3.63, 3.8) is 0 Å². The second-order valence-corrected chi connectivity index (χ2v) is 6.65. The van der Waals surface area contributed by atoms with Gasteiger partial charge in [-0.05, 0) is 33.5 Å². The van der Waals surface area contributed by atoms with Crippen molar-refractivity contribution in [2.24, 2.45) is 11.3 Å². The van der Waals surface area contributed by atoms with Crippen molar-refractivity contribution in [1.29, 1.82) is 0 Å². The Labute approximate surface area is 107 Å². The number of hydrogen-bond acceptors (Lipinski definition) is 3. The van der Waals surface area contributed by atoms with E-state index in [1.807, 2.05) is 0 Å². The van der Waals surface area contributed by atoms with Crippen molar-refractivity contribution in [2.75, 3.05) is 53.4 Å². The van der Waals surface area contributed by atoms with E-state index < -0.39 is 0 Å². The third-order valence-electron chi connectivity index (χ3n) is 4.83. The minimum Gasteiger partial charge on any atom is -0.306 e. The predicted octanol–water partition coefficient (Wildman–Crippen LogP) is 1.21. The molecule has 2 unspecified atom stereocenters. The van der Waals surface area contributed by atoms with Crippen LogP contribution in [0.2, 0.25) is 0 Å². The van der Waals surface area contributed by atoms with Crippen LogP contribution < -0.4 is 0 Å². The van der Waals surface area contributed by atoms with Gasteiger partial charge in [0, 0.05) is 44.2 Å². The Balaban J connectivity index is 1.73. The zero-order valence-corrected chi connectivity index (χ0v) is 12.2. The second-order valence-electron chi connectivity index (χ2n) is 6.65. The summed E-state index contributed by atoms with van der Waals surface area (Å²) < 4.78 is 0. The van der Waals surface area contributed by atoms with E-state index in [2.05, 4.69) is 49.6 Å². The van der Waals surface area contributed by atoms with E-state index in [1.54, 1.807) is 0 Å². The van der Waals surface area contributed by atoms with Crippen LogP contribution in [0.15, 0.2) is 0 Å². The molecule has 2 aliphatic heterocycles. The van der Waals surface area contributed by atoms with Crippen molar-refractivity contribution >= 4 is 0 Å². The maximum absolute atomic E-state index is 2.68. The lowest BCUT2D eigenvalue weighted by atomic mass is 9.72. The third kappa shape index (κ3) is 2.67. The normalized spacial score (nSPS) is 27.9. The van der Waals surface area contributed by atoms with Gasteiger partial charge in [0.15, 0.2) is 0 Å². The third-order valence-corrected chi connectivity index (χ3v) is 4.83. The number of nitrogens with zero attached hydrogens (tertiary/aromatic N) is 3. The first-order valence-corrected chi connectivity index (χ1v) is 7.07. The Morgan fingerprint density at radius 3 is 2.24 bits per heavy atom. The minimum absolute atomic E-state index is 0.680. The summed E-state index contributed by atoms with van der Waals surface area (Å²) in [7, 11) is 4.46. The summed E-state index contributed by atoms with van der Waals surface area (Å²) in [6, 6.07) is 0.737. The highest BCUT2D eigenvalue weighted by Crippen LogP contribution is 2.40. The van der Waals surface area contributed by atoms with Gasteiger partial charge in [0.2, 0.25) is 0 Å². The molecule has 2 fully saturated rings. The summed E-state index contributed by atoms with van der Waals surface area (Å²) in [4.78, 5) is 7.55. The maximum atomic E-state index is 2.68. The Morgan fingerprint density at radius 1 is 1.18 bits per heavy atom. The Bertz CT molecular complexity index is 252. The fraction of sp³-hybridized carbons (Fsp3) is 1.00. The lowest BCUT2D eigenvalue weighted by Gasteiger charge is -2.61. The zero-order valence-electron chi connectivity index (χ0n) is 12.2. The number of likely N-dealkylation sites (tertiary alicyclic amines) is 2. The molecule has 1 spiro atoms. The van der Waals surface area contributed by atoms with E-state index in [0.29, 0.717) is 5.41 Å². The lowest BCUT2D eigenvalue weighted by molar-refractivity contribution is -0.126. The predicted molar refractivity (Wildman–Crippen MR) is 73.3 cm³/mol. The molecule has 0 saturated carbocycles. The molecule has 100 valence electrons. The molecule has 3 nitrogen and oxygen atoms in total. The molecule has 2 saturated heterocycles. The van der Waals surface area contributed by atoms with E-state index in [-0.39, 0.29) is 0 Å². The van der Waals surface area contributed by atoms with Gasteiger partial charge in [0.25, 0.3) is 0 Å². The van der Waals surface area contributed by atoms with Gasteiger partial charge in [-0.15, -0.1) is 0 Å². The quantitative estimate of drug-likeness (QED) is 0.714. The summed E-state index contributed by atoms with van der Waals surface area (Å²) in [5.74, 6) is 0.773. The van der Waals surface area contributed by atoms with E-state index in [9.17, 15) is 0 Å². The molecule has 0 N–H and O–H groups in total. The molecular weight excluding hydrogens is 210 g/mol. The molecule has 2 heterocycles. The van der Waals surface area contributed by atoms with E-state index in [1.165, 1.54) is 32.7 Å². The van der Waals surface area contributed by atoms with Gasteiger partial charge in [0.1, 0.15) is 0 Å². The van der Waals surface area contributed by atoms with Crippen LogP contribution in [0, 0.1) is 11.3 Å². The van der Waals surface area contributed by atoms with Gasteiger partial charge < -0.3 is 9.80 Å². The molecule has 0 aromatic rings. The van der Waals surface area contributed by atoms with Crippen LogP contribution in [0.5, 0.6) is 0 Å². The Hall–Kier alpha value is -0.120. The van der Waals surface area contributed by atoms with Crippen LogP contribution in [0.4, 0.5) is 0 Å². The van der Waals surface area contributed by atoms with Gasteiger partial charge in [-0.3, -0.25) is 4.90 Å². The summed E-state index contributed by atoms with van der Waals surface area (Å²) >= 11 is 0. The fourth-order valence-corrected chi connectivity index (χ4v) is 3.54. The lowest BCUT2D eigenvalue weighted by Crippen LogP contribution is -2.73. The van der Waals surface area contributed by atoms with E-state index in [0.717, 1.165) is 18.5 Å². The van der Waals surface area contributed by atoms with Crippen molar-refractivity contribution in [1.82, 2.24) is 14.7 Å². The molecule has 0 aliphatic carbocycles. The summed E-state index contributed by atoms with van der Waals surface area (Å²) in [6.07, 6.45) is 0. The van der Waals surface area contributed by atoms with Gasteiger partial charge in [-0.2, -0.15) is 0 Å². The fourth-order valence-electron chi connectivity index (χ4n) is 3.54. The Morgan fingerprint density at radius 2 is 1.76 bits per heavy atom.